The maximum atomic E-state index is 13.4. The lowest BCUT2D eigenvalue weighted by Gasteiger charge is -2.85. The van der Waals surface area contributed by atoms with Crippen molar-refractivity contribution in [2.45, 2.75) is 77.3 Å². The molecule has 8 atom stereocenters. The number of carbonyl (C=O) groups is 1. The molecule has 0 aromatic rings. The molecule has 3 N–H and O–H groups in total. The quantitative estimate of drug-likeness (QED) is 0.575. The van der Waals surface area contributed by atoms with E-state index in [2.05, 4.69) is 6.92 Å². The lowest BCUT2D eigenvalue weighted by atomic mass is 9.20. The van der Waals surface area contributed by atoms with Crippen molar-refractivity contribution in [3.63, 3.8) is 0 Å². The molecule has 1 heterocycles. The van der Waals surface area contributed by atoms with Gasteiger partial charge in [-0.2, -0.15) is 0 Å². The van der Waals surface area contributed by atoms with E-state index < -0.39 is 34.1 Å². The zero-order valence-electron chi connectivity index (χ0n) is 15.4. The van der Waals surface area contributed by atoms with Crippen molar-refractivity contribution in [3.05, 3.63) is 11.1 Å². The van der Waals surface area contributed by atoms with Gasteiger partial charge in [0.25, 0.3) is 0 Å². The van der Waals surface area contributed by atoms with E-state index in [1.165, 1.54) is 0 Å². The van der Waals surface area contributed by atoms with Crippen molar-refractivity contribution in [1.82, 2.24) is 0 Å². The van der Waals surface area contributed by atoms with Gasteiger partial charge in [0.1, 0.15) is 6.10 Å². The van der Waals surface area contributed by atoms with Gasteiger partial charge in [0.2, 0.25) is 0 Å². The molecule has 0 aromatic heterocycles. The summed E-state index contributed by atoms with van der Waals surface area (Å²) in [5.41, 5.74) is -1.82. The molecule has 0 radical (unpaired) electrons. The Morgan fingerprint density at radius 1 is 1.20 bits per heavy atom. The summed E-state index contributed by atoms with van der Waals surface area (Å²) in [6.45, 7) is 8.53. The molecule has 4 fully saturated rings. The number of Topliss-reactive ketones (excluding diaryl/α,β-unsaturated/α-hetero) is 1. The second kappa shape index (κ2) is 4.06. The fourth-order valence-electron chi connectivity index (χ4n) is 8.12. The molecule has 5 rings (SSSR count). The van der Waals surface area contributed by atoms with E-state index in [1.54, 1.807) is 0 Å². The van der Waals surface area contributed by atoms with E-state index in [4.69, 9.17) is 4.74 Å². The fraction of sp³-hybridized carbons (Fsp3) is 0.850. The fourth-order valence-corrected chi connectivity index (χ4v) is 8.12. The summed E-state index contributed by atoms with van der Waals surface area (Å²) >= 11 is 0. The Labute approximate surface area is 148 Å². The van der Waals surface area contributed by atoms with Crippen LogP contribution in [-0.2, 0) is 9.53 Å². The summed E-state index contributed by atoms with van der Waals surface area (Å²) in [6.07, 6.45) is 0.0790. The molecule has 6 unspecified atom stereocenters. The number of hydrogen-bond donors (Lipinski definition) is 3. The predicted molar refractivity (Wildman–Crippen MR) is 89.6 cm³/mol. The molecule has 1 saturated heterocycles. The van der Waals surface area contributed by atoms with Crippen LogP contribution in [0.3, 0.4) is 0 Å². The Morgan fingerprint density at radius 2 is 1.88 bits per heavy atom. The minimum Gasteiger partial charge on any atom is -0.392 e. The molecule has 5 aliphatic rings. The number of ether oxygens (including phenoxy) is 1. The highest BCUT2D eigenvalue weighted by molar-refractivity contribution is 5.96. The van der Waals surface area contributed by atoms with Crippen molar-refractivity contribution in [2.24, 2.45) is 21.7 Å². The smallest absolute Gasteiger partial charge is 0.174 e. The zero-order valence-corrected chi connectivity index (χ0v) is 15.4. The third-order valence-corrected chi connectivity index (χ3v) is 9.55. The molecule has 4 aliphatic carbocycles. The highest BCUT2D eigenvalue weighted by Crippen LogP contribution is 2.86. The summed E-state index contributed by atoms with van der Waals surface area (Å²) in [5.74, 6) is -0.276. The van der Waals surface area contributed by atoms with Gasteiger partial charge in [-0.3, -0.25) is 4.79 Å². The third kappa shape index (κ3) is 1.21. The average Bonchev–Trinajstić information content (AvgIpc) is 2.55. The molecule has 0 aromatic carbocycles. The van der Waals surface area contributed by atoms with Crippen LogP contribution in [0.25, 0.3) is 0 Å². The Hall–Kier alpha value is -0.750. The van der Waals surface area contributed by atoms with Crippen molar-refractivity contribution in [2.75, 3.05) is 6.61 Å². The van der Waals surface area contributed by atoms with Crippen molar-refractivity contribution >= 4 is 5.78 Å². The van der Waals surface area contributed by atoms with E-state index in [0.717, 1.165) is 11.1 Å². The molecular formula is C20H28O5. The first kappa shape index (κ1) is 16.4. The Bertz CT molecular complexity index is 744. The van der Waals surface area contributed by atoms with E-state index in [9.17, 15) is 20.1 Å². The lowest BCUT2D eigenvalue weighted by molar-refractivity contribution is -0.419. The maximum absolute atomic E-state index is 13.4. The number of aliphatic hydroxyl groups is 3. The van der Waals surface area contributed by atoms with Crippen LogP contribution < -0.4 is 0 Å². The van der Waals surface area contributed by atoms with Crippen LogP contribution in [0, 0.1) is 21.7 Å². The number of aliphatic hydroxyl groups excluding tert-OH is 2. The molecule has 5 heteroatoms. The number of carbonyl (C=O) groups excluding carboxylic acids is 1. The minimum atomic E-state index is -1.23. The molecule has 0 bridgehead atoms. The summed E-state index contributed by atoms with van der Waals surface area (Å²) in [4.78, 5) is 13.4. The van der Waals surface area contributed by atoms with E-state index in [0.29, 0.717) is 32.3 Å². The molecule has 0 amide bonds. The molecule has 138 valence electrons. The van der Waals surface area contributed by atoms with Crippen LogP contribution in [0.1, 0.15) is 53.4 Å². The van der Waals surface area contributed by atoms with E-state index in [-0.39, 0.29) is 17.3 Å². The van der Waals surface area contributed by atoms with Gasteiger partial charge in [-0.15, -0.1) is 0 Å². The largest absolute Gasteiger partial charge is 0.392 e. The second-order valence-electron chi connectivity index (χ2n) is 9.87. The first-order valence-corrected chi connectivity index (χ1v) is 9.46. The Kier molecular flexibility index (Phi) is 2.67. The minimum absolute atomic E-state index is 0.0940. The molecular weight excluding hydrogens is 320 g/mol. The van der Waals surface area contributed by atoms with Gasteiger partial charge in [0, 0.05) is 22.7 Å². The number of hydrogen-bond acceptors (Lipinski definition) is 5. The maximum Gasteiger partial charge on any atom is 0.174 e. The second-order valence-corrected chi connectivity index (χ2v) is 9.87. The summed E-state index contributed by atoms with van der Waals surface area (Å²) in [7, 11) is 0. The first-order valence-electron chi connectivity index (χ1n) is 9.46. The molecule has 1 spiro atoms. The zero-order chi connectivity index (χ0) is 18.2. The van der Waals surface area contributed by atoms with Crippen molar-refractivity contribution in [1.29, 1.82) is 0 Å². The molecule has 25 heavy (non-hydrogen) atoms. The third-order valence-electron chi connectivity index (χ3n) is 9.55. The summed E-state index contributed by atoms with van der Waals surface area (Å²) < 4.78 is 5.81. The Balaban J connectivity index is 1.87. The number of allylic oxidation sites excluding steroid dienone is 1. The van der Waals surface area contributed by atoms with Gasteiger partial charge in [-0.1, -0.05) is 19.4 Å². The summed E-state index contributed by atoms with van der Waals surface area (Å²) in [5, 5.41) is 33.5. The van der Waals surface area contributed by atoms with E-state index in [1.807, 2.05) is 20.8 Å². The van der Waals surface area contributed by atoms with Gasteiger partial charge in [-0.25, -0.2) is 0 Å². The van der Waals surface area contributed by atoms with Gasteiger partial charge in [0.05, 0.1) is 29.8 Å². The highest BCUT2D eigenvalue weighted by Gasteiger charge is 2.90. The van der Waals surface area contributed by atoms with Crippen molar-refractivity contribution in [3.8, 4) is 0 Å². The summed E-state index contributed by atoms with van der Waals surface area (Å²) in [6, 6.07) is 0. The van der Waals surface area contributed by atoms with Crippen LogP contribution in [0.2, 0.25) is 0 Å². The Morgan fingerprint density at radius 3 is 2.48 bits per heavy atom. The van der Waals surface area contributed by atoms with Crippen LogP contribution in [0.15, 0.2) is 11.1 Å². The molecule has 3 saturated carbocycles. The highest BCUT2D eigenvalue weighted by atomic mass is 16.5. The van der Waals surface area contributed by atoms with Crippen LogP contribution >= 0.6 is 0 Å². The standard InChI is InChI=1S/C20H28O5/c1-10-5-6-19(24)8-20-16(2)9-25-12(16)7-11(21)17(20,3)15(23)14(22)13(10)18(19,20)4/h11-12,14,21-22,24H,5-9H2,1-4H3/t11?,12?,14?,16-,17?,18+,19?,20?/m1/s1. The monoisotopic (exact) mass is 348 g/mol. The van der Waals surface area contributed by atoms with Gasteiger partial charge in [-0.05, 0) is 38.7 Å². The number of rotatable bonds is 0. The van der Waals surface area contributed by atoms with Gasteiger partial charge < -0.3 is 20.1 Å². The predicted octanol–water partition coefficient (Wildman–Crippen LogP) is 1.34. The van der Waals surface area contributed by atoms with Crippen LogP contribution in [0.4, 0.5) is 0 Å². The first-order chi connectivity index (χ1) is 11.5. The van der Waals surface area contributed by atoms with Gasteiger partial charge in [0.15, 0.2) is 5.78 Å². The SMILES string of the molecule is CC1=C2C(O)C(=O)C3(C)C(O)CC4OC[C@@]4(C)C34CC(O)(CC1)[C@]24C. The average molecular weight is 348 g/mol. The van der Waals surface area contributed by atoms with Crippen LogP contribution in [0.5, 0.6) is 0 Å². The molecule has 1 aliphatic heterocycles. The van der Waals surface area contributed by atoms with Crippen LogP contribution in [-0.4, -0.2) is 51.6 Å². The van der Waals surface area contributed by atoms with E-state index >= 15 is 0 Å². The normalized spacial score (nSPS) is 62.4. The lowest BCUT2D eigenvalue weighted by Crippen LogP contribution is -2.90. The number of fused-ring (bicyclic) bond motifs is 1. The van der Waals surface area contributed by atoms with Crippen molar-refractivity contribution < 1.29 is 24.9 Å². The number of ketones is 1. The van der Waals surface area contributed by atoms with Gasteiger partial charge >= 0.3 is 0 Å². The topological polar surface area (TPSA) is 87.0 Å². The molecule has 5 nitrogen and oxygen atoms in total.